The molecule has 3 aromatic rings. The Balaban J connectivity index is 1.57. The van der Waals surface area contributed by atoms with E-state index in [1.807, 2.05) is 24.3 Å². The second kappa shape index (κ2) is 9.75. The SMILES string of the molecule is COc1ccccc1CN(C)C(=O)COC(=O)c1ccc(-c2ccc(C(C)=O)cc2)o1. The molecule has 7 heteroatoms. The molecule has 0 bridgehead atoms. The quantitative estimate of drug-likeness (QED) is 0.404. The van der Waals surface area contributed by atoms with Gasteiger partial charge in [0.1, 0.15) is 11.5 Å². The third-order valence-corrected chi connectivity index (χ3v) is 4.74. The summed E-state index contributed by atoms with van der Waals surface area (Å²) in [7, 11) is 3.19. The summed E-state index contributed by atoms with van der Waals surface area (Å²) < 4.78 is 15.9. The van der Waals surface area contributed by atoms with Crippen LogP contribution in [0.5, 0.6) is 5.75 Å². The van der Waals surface area contributed by atoms with Gasteiger partial charge in [-0.15, -0.1) is 0 Å². The van der Waals surface area contributed by atoms with E-state index in [0.29, 0.717) is 23.6 Å². The van der Waals surface area contributed by atoms with Crippen LogP contribution in [0.15, 0.2) is 65.1 Å². The van der Waals surface area contributed by atoms with Crippen LogP contribution in [0.25, 0.3) is 11.3 Å². The Morgan fingerprint density at radius 3 is 2.35 bits per heavy atom. The number of amides is 1. The van der Waals surface area contributed by atoms with Crippen molar-refractivity contribution in [3.63, 3.8) is 0 Å². The molecule has 1 heterocycles. The normalized spacial score (nSPS) is 10.4. The van der Waals surface area contributed by atoms with Crippen molar-refractivity contribution in [3.05, 3.63) is 77.6 Å². The van der Waals surface area contributed by atoms with E-state index in [0.717, 1.165) is 11.1 Å². The number of Topliss-reactive ketones (excluding diaryl/α,β-unsaturated/α-hetero) is 1. The van der Waals surface area contributed by atoms with Crippen LogP contribution >= 0.6 is 0 Å². The number of carbonyl (C=O) groups excluding carboxylic acids is 3. The minimum absolute atomic E-state index is 0.00849. The van der Waals surface area contributed by atoms with Crippen LogP contribution in [0.1, 0.15) is 33.4 Å². The summed E-state index contributed by atoms with van der Waals surface area (Å²) in [5.41, 5.74) is 2.15. The number of ether oxygens (including phenoxy) is 2. The zero-order chi connectivity index (χ0) is 22.4. The molecule has 2 aromatic carbocycles. The Morgan fingerprint density at radius 2 is 1.68 bits per heavy atom. The van der Waals surface area contributed by atoms with Crippen molar-refractivity contribution in [1.82, 2.24) is 4.90 Å². The van der Waals surface area contributed by atoms with Crippen molar-refractivity contribution in [2.75, 3.05) is 20.8 Å². The molecule has 0 unspecified atom stereocenters. The molecule has 0 atom stereocenters. The first-order valence-corrected chi connectivity index (χ1v) is 9.63. The third kappa shape index (κ3) is 5.39. The van der Waals surface area contributed by atoms with Gasteiger partial charge in [-0.25, -0.2) is 4.79 Å². The highest BCUT2D eigenvalue weighted by Crippen LogP contribution is 2.23. The summed E-state index contributed by atoms with van der Waals surface area (Å²) in [6.07, 6.45) is 0. The van der Waals surface area contributed by atoms with Gasteiger partial charge in [0, 0.05) is 30.3 Å². The highest BCUT2D eigenvalue weighted by atomic mass is 16.5. The predicted octanol–water partition coefficient (Wildman–Crippen LogP) is 3.97. The van der Waals surface area contributed by atoms with E-state index < -0.39 is 12.6 Å². The van der Waals surface area contributed by atoms with Crippen LogP contribution in [0.2, 0.25) is 0 Å². The number of nitrogens with zero attached hydrogens (tertiary/aromatic N) is 1. The average molecular weight is 421 g/mol. The number of benzene rings is 2. The number of hydrogen-bond acceptors (Lipinski definition) is 6. The molecule has 0 aliphatic rings. The smallest absolute Gasteiger partial charge is 0.374 e. The van der Waals surface area contributed by atoms with Gasteiger partial charge in [0.2, 0.25) is 5.76 Å². The molecular weight excluding hydrogens is 398 g/mol. The Bertz CT molecular complexity index is 1080. The maximum Gasteiger partial charge on any atom is 0.374 e. The number of methoxy groups -OCH3 is 1. The molecule has 7 nitrogen and oxygen atoms in total. The van der Waals surface area contributed by atoms with E-state index in [2.05, 4.69) is 0 Å². The summed E-state index contributed by atoms with van der Waals surface area (Å²) in [6.45, 7) is 1.40. The molecule has 0 fully saturated rings. The fourth-order valence-electron chi connectivity index (χ4n) is 2.96. The molecule has 0 saturated heterocycles. The number of carbonyl (C=O) groups is 3. The number of rotatable bonds is 8. The molecule has 31 heavy (non-hydrogen) atoms. The number of hydrogen-bond donors (Lipinski definition) is 0. The zero-order valence-electron chi connectivity index (χ0n) is 17.6. The average Bonchev–Trinajstić information content (AvgIpc) is 3.28. The first-order valence-electron chi connectivity index (χ1n) is 9.63. The van der Waals surface area contributed by atoms with Crippen LogP contribution in [0.3, 0.4) is 0 Å². The summed E-state index contributed by atoms with van der Waals surface area (Å²) >= 11 is 0. The summed E-state index contributed by atoms with van der Waals surface area (Å²) in [6, 6.07) is 17.4. The highest BCUT2D eigenvalue weighted by Gasteiger charge is 2.18. The van der Waals surface area contributed by atoms with Gasteiger partial charge in [0.15, 0.2) is 12.4 Å². The van der Waals surface area contributed by atoms with E-state index in [1.165, 1.54) is 17.9 Å². The van der Waals surface area contributed by atoms with Crippen molar-refractivity contribution >= 4 is 17.7 Å². The van der Waals surface area contributed by atoms with Gasteiger partial charge < -0.3 is 18.8 Å². The van der Waals surface area contributed by atoms with E-state index in [9.17, 15) is 14.4 Å². The summed E-state index contributed by atoms with van der Waals surface area (Å²) in [5, 5.41) is 0. The van der Waals surface area contributed by atoms with E-state index >= 15 is 0 Å². The van der Waals surface area contributed by atoms with Gasteiger partial charge in [0.25, 0.3) is 5.91 Å². The maximum atomic E-state index is 12.3. The fourth-order valence-corrected chi connectivity index (χ4v) is 2.96. The Labute approximate surface area is 180 Å². The number of likely N-dealkylation sites (N-methyl/N-ethyl adjacent to an activating group) is 1. The van der Waals surface area contributed by atoms with Gasteiger partial charge in [-0.3, -0.25) is 9.59 Å². The zero-order valence-corrected chi connectivity index (χ0v) is 17.6. The third-order valence-electron chi connectivity index (χ3n) is 4.74. The van der Waals surface area contributed by atoms with Crippen LogP contribution in [-0.2, 0) is 16.1 Å². The second-order valence-electron chi connectivity index (χ2n) is 6.94. The predicted molar refractivity (Wildman–Crippen MR) is 114 cm³/mol. The lowest BCUT2D eigenvalue weighted by atomic mass is 10.1. The molecule has 0 aliphatic carbocycles. The highest BCUT2D eigenvalue weighted by molar-refractivity contribution is 5.94. The minimum atomic E-state index is -0.731. The van der Waals surface area contributed by atoms with Crippen LogP contribution in [0, 0.1) is 0 Å². The van der Waals surface area contributed by atoms with Crippen molar-refractivity contribution < 1.29 is 28.3 Å². The number of esters is 1. The molecule has 160 valence electrons. The van der Waals surface area contributed by atoms with Crippen LogP contribution < -0.4 is 4.74 Å². The lowest BCUT2D eigenvalue weighted by Gasteiger charge is -2.18. The molecule has 3 rings (SSSR count). The first-order chi connectivity index (χ1) is 14.9. The van der Waals surface area contributed by atoms with Crippen LogP contribution in [-0.4, -0.2) is 43.3 Å². The van der Waals surface area contributed by atoms with Crippen LogP contribution in [0.4, 0.5) is 0 Å². The fraction of sp³-hybridized carbons (Fsp3) is 0.208. The van der Waals surface area contributed by atoms with Crippen molar-refractivity contribution in [3.8, 4) is 17.1 Å². The Hall–Kier alpha value is -3.87. The molecule has 0 spiro atoms. The topological polar surface area (TPSA) is 86.0 Å². The lowest BCUT2D eigenvalue weighted by Crippen LogP contribution is -2.30. The Morgan fingerprint density at radius 1 is 0.968 bits per heavy atom. The largest absolute Gasteiger partial charge is 0.496 e. The monoisotopic (exact) mass is 421 g/mol. The molecule has 0 aliphatic heterocycles. The van der Waals surface area contributed by atoms with Crippen molar-refractivity contribution in [2.45, 2.75) is 13.5 Å². The van der Waals surface area contributed by atoms with Gasteiger partial charge in [-0.05, 0) is 25.1 Å². The molecular formula is C24H23NO6. The van der Waals surface area contributed by atoms with Crippen molar-refractivity contribution in [1.29, 1.82) is 0 Å². The standard InChI is InChI=1S/C24H23NO6/c1-16(26)17-8-10-18(11-9-17)21-12-13-22(31-21)24(28)30-15-23(27)25(2)14-19-6-4-5-7-20(19)29-3/h4-13H,14-15H2,1-3H3. The van der Waals surface area contributed by atoms with E-state index in [4.69, 9.17) is 13.9 Å². The van der Waals surface area contributed by atoms with Gasteiger partial charge in [-0.1, -0.05) is 42.5 Å². The Kier molecular flexibility index (Phi) is 6.87. The summed E-state index contributed by atoms with van der Waals surface area (Å²) in [4.78, 5) is 37.4. The summed E-state index contributed by atoms with van der Waals surface area (Å²) in [5.74, 6) is 0.0122. The molecule has 0 N–H and O–H groups in total. The van der Waals surface area contributed by atoms with Gasteiger partial charge in [0.05, 0.1) is 7.11 Å². The molecule has 1 aromatic heterocycles. The number of para-hydroxylation sites is 1. The first kappa shape index (κ1) is 21.8. The molecule has 0 saturated carbocycles. The van der Waals surface area contributed by atoms with Gasteiger partial charge >= 0.3 is 5.97 Å². The van der Waals surface area contributed by atoms with Crippen molar-refractivity contribution in [2.24, 2.45) is 0 Å². The van der Waals surface area contributed by atoms with Gasteiger partial charge in [-0.2, -0.15) is 0 Å². The number of furan rings is 1. The van der Waals surface area contributed by atoms with E-state index in [-0.39, 0.29) is 17.5 Å². The maximum absolute atomic E-state index is 12.3. The minimum Gasteiger partial charge on any atom is -0.496 e. The lowest BCUT2D eigenvalue weighted by molar-refractivity contribution is -0.133. The van der Waals surface area contributed by atoms with E-state index in [1.54, 1.807) is 44.5 Å². The molecule has 0 radical (unpaired) electrons. The number of ketones is 1. The second-order valence-corrected chi connectivity index (χ2v) is 6.94. The molecule has 1 amide bonds.